The highest BCUT2D eigenvalue weighted by atomic mass is 16.4. The van der Waals surface area contributed by atoms with Crippen LogP contribution >= 0.6 is 0 Å². The molecule has 170 valence electrons. The molecule has 0 saturated carbocycles. The fraction of sp³-hybridized carbons (Fsp3) is 0.647. The van der Waals surface area contributed by atoms with Crippen LogP contribution < -0.4 is 27.4 Å². The molecule has 0 aromatic rings. The van der Waals surface area contributed by atoms with Crippen molar-refractivity contribution < 1.29 is 39.0 Å². The van der Waals surface area contributed by atoms with Gasteiger partial charge < -0.3 is 37.6 Å². The quantitative estimate of drug-likeness (QED) is 0.160. The SMILES string of the molecule is CC(C)CC(NC(=O)C(CC(N)=O)NC(=O)C(C)NC(=O)C(N)CC(=O)O)C(=O)O. The van der Waals surface area contributed by atoms with Crippen LogP contribution in [0.1, 0.15) is 40.0 Å². The van der Waals surface area contributed by atoms with Gasteiger partial charge in [-0.1, -0.05) is 13.8 Å². The van der Waals surface area contributed by atoms with E-state index in [1.807, 2.05) is 0 Å². The lowest BCUT2D eigenvalue weighted by Gasteiger charge is -2.23. The average Bonchev–Trinajstić information content (AvgIpc) is 2.58. The van der Waals surface area contributed by atoms with Crippen LogP contribution in [0.5, 0.6) is 0 Å². The third-order valence-corrected chi connectivity index (χ3v) is 3.84. The van der Waals surface area contributed by atoms with Crippen LogP contribution in [-0.4, -0.2) is 69.9 Å². The van der Waals surface area contributed by atoms with E-state index < -0.39 is 72.6 Å². The summed E-state index contributed by atoms with van der Waals surface area (Å²) in [6.07, 6.45) is -1.14. The highest BCUT2D eigenvalue weighted by Crippen LogP contribution is 2.06. The third-order valence-electron chi connectivity index (χ3n) is 3.84. The summed E-state index contributed by atoms with van der Waals surface area (Å²) in [5.74, 6) is -6.29. The Labute approximate surface area is 172 Å². The molecule has 0 aromatic carbocycles. The van der Waals surface area contributed by atoms with Crippen LogP contribution in [0.25, 0.3) is 0 Å². The predicted octanol–water partition coefficient (Wildman–Crippen LogP) is -2.73. The number of amides is 4. The molecule has 0 aliphatic rings. The summed E-state index contributed by atoms with van der Waals surface area (Å²) in [7, 11) is 0. The maximum absolute atomic E-state index is 12.4. The number of primary amides is 1. The molecular weight excluding hydrogens is 402 g/mol. The molecule has 0 heterocycles. The molecule has 13 nitrogen and oxygen atoms in total. The Morgan fingerprint density at radius 1 is 0.800 bits per heavy atom. The molecule has 4 atom stereocenters. The van der Waals surface area contributed by atoms with Gasteiger partial charge in [-0.3, -0.25) is 24.0 Å². The minimum atomic E-state index is -1.48. The summed E-state index contributed by atoms with van der Waals surface area (Å²) in [6, 6.07) is -5.34. The van der Waals surface area contributed by atoms with Gasteiger partial charge in [0.15, 0.2) is 0 Å². The van der Waals surface area contributed by atoms with E-state index in [1.54, 1.807) is 13.8 Å². The minimum Gasteiger partial charge on any atom is -0.481 e. The molecular formula is C17H29N5O8. The predicted molar refractivity (Wildman–Crippen MR) is 103 cm³/mol. The molecule has 0 saturated heterocycles. The van der Waals surface area contributed by atoms with E-state index in [4.69, 9.17) is 16.6 Å². The van der Waals surface area contributed by atoms with E-state index in [0.29, 0.717) is 0 Å². The zero-order valence-corrected chi connectivity index (χ0v) is 17.0. The molecule has 0 aliphatic carbocycles. The average molecular weight is 431 g/mol. The van der Waals surface area contributed by atoms with Crippen molar-refractivity contribution in [2.75, 3.05) is 0 Å². The van der Waals surface area contributed by atoms with Gasteiger partial charge in [0.25, 0.3) is 0 Å². The van der Waals surface area contributed by atoms with E-state index >= 15 is 0 Å². The van der Waals surface area contributed by atoms with Crippen molar-refractivity contribution in [3.8, 4) is 0 Å². The number of nitrogens with two attached hydrogens (primary N) is 2. The number of rotatable bonds is 13. The van der Waals surface area contributed by atoms with E-state index in [1.165, 1.54) is 6.92 Å². The maximum Gasteiger partial charge on any atom is 0.326 e. The van der Waals surface area contributed by atoms with Gasteiger partial charge in [0.2, 0.25) is 23.6 Å². The first-order chi connectivity index (χ1) is 13.7. The molecule has 13 heteroatoms. The monoisotopic (exact) mass is 431 g/mol. The standard InChI is InChI=1S/C17H29N5O8/c1-7(2)4-11(17(29)30)22-16(28)10(6-12(19)23)21-14(26)8(3)20-15(27)9(18)5-13(24)25/h7-11H,4-6,18H2,1-3H3,(H2,19,23)(H,20,27)(H,21,26)(H,22,28)(H,24,25)(H,29,30). The second-order valence-electron chi connectivity index (χ2n) is 7.20. The second-order valence-corrected chi connectivity index (χ2v) is 7.20. The number of hydrogen-bond acceptors (Lipinski definition) is 7. The van der Waals surface area contributed by atoms with Gasteiger partial charge in [0, 0.05) is 0 Å². The van der Waals surface area contributed by atoms with Crippen molar-refractivity contribution in [2.45, 2.75) is 64.2 Å². The lowest BCUT2D eigenvalue weighted by atomic mass is 10.0. The van der Waals surface area contributed by atoms with Crippen LogP contribution in [0.2, 0.25) is 0 Å². The number of nitrogens with one attached hydrogen (secondary N) is 3. The van der Waals surface area contributed by atoms with Crippen molar-refractivity contribution >= 4 is 35.6 Å². The van der Waals surface area contributed by atoms with Gasteiger partial charge in [0.1, 0.15) is 18.1 Å². The van der Waals surface area contributed by atoms with Crippen LogP contribution in [0.3, 0.4) is 0 Å². The molecule has 0 aromatic heterocycles. The first-order valence-electron chi connectivity index (χ1n) is 9.14. The normalized spacial score (nSPS) is 14.7. The maximum atomic E-state index is 12.4. The Balaban J connectivity index is 5.13. The first-order valence-corrected chi connectivity index (χ1v) is 9.14. The largest absolute Gasteiger partial charge is 0.481 e. The number of carbonyl (C=O) groups is 6. The Bertz CT molecular complexity index is 681. The Hall–Kier alpha value is -3.22. The summed E-state index contributed by atoms with van der Waals surface area (Å²) < 4.78 is 0. The molecule has 30 heavy (non-hydrogen) atoms. The molecule has 4 amide bonds. The Morgan fingerprint density at radius 3 is 1.77 bits per heavy atom. The molecule has 0 rings (SSSR count). The van der Waals surface area contributed by atoms with Gasteiger partial charge in [-0.15, -0.1) is 0 Å². The van der Waals surface area contributed by atoms with Gasteiger partial charge in [0.05, 0.1) is 18.9 Å². The lowest BCUT2D eigenvalue weighted by Crippen LogP contribution is -2.57. The molecule has 9 N–H and O–H groups in total. The van der Waals surface area contributed by atoms with Gasteiger partial charge in [-0.05, 0) is 19.3 Å². The van der Waals surface area contributed by atoms with E-state index in [9.17, 15) is 33.9 Å². The molecule has 0 radical (unpaired) electrons. The topological polar surface area (TPSA) is 231 Å². The molecule has 0 bridgehead atoms. The summed E-state index contributed by atoms with van der Waals surface area (Å²) in [5.41, 5.74) is 10.5. The number of aliphatic carboxylic acids is 2. The van der Waals surface area contributed by atoms with Crippen molar-refractivity contribution in [3.05, 3.63) is 0 Å². The molecule has 4 unspecified atom stereocenters. The van der Waals surface area contributed by atoms with Crippen LogP contribution in [-0.2, 0) is 28.8 Å². The Kier molecular flexibility index (Phi) is 11.0. The van der Waals surface area contributed by atoms with Crippen molar-refractivity contribution in [2.24, 2.45) is 17.4 Å². The zero-order valence-electron chi connectivity index (χ0n) is 17.0. The van der Waals surface area contributed by atoms with Gasteiger partial charge in [-0.2, -0.15) is 0 Å². The molecule has 0 fully saturated rings. The van der Waals surface area contributed by atoms with Crippen molar-refractivity contribution in [1.82, 2.24) is 16.0 Å². The van der Waals surface area contributed by atoms with Gasteiger partial charge >= 0.3 is 11.9 Å². The summed E-state index contributed by atoms with van der Waals surface area (Å²) >= 11 is 0. The second kappa shape index (κ2) is 12.4. The lowest BCUT2D eigenvalue weighted by molar-refractivity contribution is -0.143. The van der Waals surface area contributed by atoms with Gasteiger partial charge in [-0.25, -0.2) is 4.79 Å². The number of carboxylic acids is 2. The van der Waals surface area contributed by atoms with Crippen molar-refractivity contribution in [3.63, 3.8) is 0 Å². The number of hydrogen-bond donors (Lipinski definition) is 7. The minimum absolute atomic E-state index is 0.0548. The number of carbonyl (C=O) groups excluding carboxylic acids is 4. The van der Waals surface area contributed by atoms with E-state index in [-0.39, 0.29) is 12.3 Å². The summed E-state index contributed by atoms with van der Waals surface area (Å²) in [5, 5.41) is 24.5. The highest BCUT2D eigenvalue weighted by molar-refractivity contribution is 5.96. The van der Waals surface area contributed by atoms with E-state index in [0.717, 1.165) is 0 Å². The summed E-state index contributed by atoms with van der Waals surface area (Å²) in [6.45, 7) is 4.76. The molecule has 0 aliphatic heterocycles. The van der Waals surface area contributed by atoms with Crippen LogP contribution in [0, 0.1) is 5.92 Å². The summed E-state index contributed by atoms with van der Waals surface area (Å²) in [4.78, 5) is 69.7. The fourth-order valence-corrected chi connectivity index (χ4v) is 2.34. The first kappa shape index (κ1) is 26.8. The fourth-order valence-electron chi connectivity index (χ4n) is 2.34. The van der Waals surface area contributed by atoms with Crippen LogP contribution in [0.15, 0.2) is 0 Å². The Morgan fingerprint density at radius 2 is 1.33 bits per heavy atom. The highest BCUT2D eigenvalue weighted by Gasteiger charge is 2.30. The van der Waals surface area contributed by atoms with Crippen molar-refractivity contribution in [1.29, 1.82) is 0 Å². The van der Waals surface area contributed by atoms with E-state index in [2.05, 4.69) is 16.0 Å². The number of carboxylic acid groups (broad SMARTS) is 2. The smallest absolute Gasteiger partial charge is 0.326 e. The third kappa shape index (κ3) is 10.4. The molecule has 0 spiro atoms. The van der Waals surface area contributed by atoms with Crippen LogP contribution in [0.4, 0.5) is 0 Å². The zero-order chi connectivity index (χ0) is 23.6.